The number of halogens is 1. The lowest BCUT2D eigenvalue weighted by molar-refractivity contribution is 0.395. The van der Waals surface area contributed by atoms with Gasteiger partial charge in [-0.25, -0.2) is 4.98 Å². The van der Waals surface area contributed by atoms with E-state index in [-0.39, 0.29) is 0 Å². The molecule has 1 fully saturated rings. The van der Waals surface area contributed by atoms with Crippen LogP contribution in [0.5, 0.6) is 5.88 Å². The van der Waals surface area contributed by atoms with Crippen molar-refractivity contribution in [2.45, 2.75) is 26.2 Å². The fourth-order valence-electron chi connectivity index (χ4n) is 1.91. The van der Waals surface area contributed by atoms with E-state index in [1.807, 2.05) is 13.0 Å². The van der Waals surface area contributed by atoms with Crippen LogP contribution in [0, 0.1) is 12.3 Å². The Hall–Kier alpha value is -1.03. The Morgan fingerprint density at radius 2 is 2.24 bits per heavy atom. The van der Waals surface area contributed by atoms with Gasteiger partial charge in [-0.2, -0.15) is 4.98 Å². The maximum absolute atomic E-state index is 5.81. The number of aryl methyl sites for hydroxylation is 1. The average Bonchev–Trinajstić information content (AvgIpc) is 3.07. The summed E-state index contributed by atoms with van der Waals surface area (Å²) in [5.74, 6) is 2.87. The van der Waals surface area contributed by atoms with Gasteiger partial charge in [-0.05, 0) is 31.6 Å². The van der Waals surface area contributed by atoms with Gasteiger partial charge >= 0.3 is 0 Å². The Bertz CT molecular complexity index is 393. The molecule has 5 heteroatoms. The number of anilines is 1. The summed E-state index contributed by atoms with van der Waals surface area (Å²) in [5.41, 5.74) is 0.397. The lowest BCUT2D eigenvalue weighted by atomic mass is 10.0. The van der Waals surface area contributed by atoms with Crippen LogP contribution in [0.25, 0.3) is 0 Å². The molecule has 1 aliphatic rings. The number of rotatable bonds is 6. The van der Waals surface area contributed by atoms with Gasteiger partial charge < -0.3 is 10.1 Å². The van der Waals surface area contributed by atoms with Gasteiger partial charge in [0.15, 0.2) is 0 Å². The average molecular weight is 256 g/mol. The summed E-state index contributed by atoms with van der Waals surface area (Å²) in [6, 6.07) is 1.82. The number of hydrogen-bond acceptors (Lipinski definition) is 4. The van der Waals surface area contributed by atoms with Crippen molar-refractivity contribution in [3.8, 4) is 5.88 Å². The number of aromatic nitrogens is 2. The van der Waals surface area contributed by atoms with Crippen molar-refractivity contribution in [3.63, 3.8) is 0 Å². The minimum atomic E-state index is 0.397. The van der Waals surface area contributed by atoms with Crippen molar-refractivity contribution in [2.24, 2.45) is 5.41 Å². The molecule has 4 nitrogen and oxygen atoms in total. The largest absolute Gasteiger partial charge is 0.481 e. The first kappa shape index (κ1) is 12.4. The molecule has 0 spiro atoms. The van der Waals surface area contributed by atoms with Gasteiger partial charge in [0, 0.05) is 18.5 Å². The van der Waals surface area contributed by atoms with Gasteiger partial charge in [-0.3, -0.25) is 0 Å². The first-order valence-electron chi connectivity index (χ1n) is 5.87. The van der Waals surface area contributed by atoms with E-state index in [1.165, 1.54) is 12.8 Å². The molecule has 0 unspecified atom stereocenters. The molecule has 1 aromatic heterocycles. The fourth-order valence-corrected chi connectivity index (χ4v) is 2.31. The van der Waals surface area contributed by atoms with Gasteiger partial charge in [-0.1, -0.05) is 0 Å². The van der Waals surface area contributed by atoms with Crippen molar-refractivity contribution in [1.82, 2.24) is 9.97 Å². The van der Waals surface area contributed by atoms with Crippen LogP contribution in [0.3, 0.4) is 0 Å². The number of nitrogens with one attached hydrogen (secondary N) is 1. The molecular formula is C12H18ClN3O. The summed E-state index contributed by atoms with van der Waals surface area (Å²) in [4.78, 5) is 8.49. The van der Waals surface area contributed by atoms with E-state index in [9.17, 15) is 0 Å². The highest BCUT2D eigenvalue weighted by molar-refractivity contribution is 6.17. The third kappa shape index (κ3) is 3.22. The van der Waals surface area contributed by atoms with Crippen molar-refractivity contribution in [1.29, 1.82) is 0 Å². The summed E-state index contributed by atoms with van der Waals surface area (Å²) in [7, 11) is 1.61. The minimum Gasteiger partial charge on any atom is -0.481 e. The molecule has 1 heterocycles. The molecule has 1 aliphatic carbocycles. The number of hydrogen-bond donors (Lipinski definition) is 1. The van der Waals surface area contributed by atoms with E-state index in [1.54, 1.807) is 7.11 Å². The SMILES string of the molecule is COc1cc(NCC2(CCCl)CC2)nc(C)n1. The molecule has 0 aromatic carbocycles. The van der Waals surface area contributed by atoms with Crippen molar-refractivity contribution in [2.75, 3.05) is 24.9 Å². The van der Waals surface area contributed by atoms with E-state index in [4.69, 9.17) is 16.3 Å². The Balaban J connectivity index is 1.97. The van der Waals surface area contributed by atoms with Crippen molar-refractivity contribution in [3.05, 3.63) is 11.9 Å². The maximum atomic E-state index is 5.81. The Kier molecular flexibility index (Phi) is 3.72. The van der Waals surface area contributed by atoms with Gasteiger partial charge in [0.2, 0.25) is 5.88 Å². The van der Waals surface area contributed by atoms with Crippen LogP contribution in [-0.2, 0) is 0 Å². The van der Waals surface area contributed by atoms with Crippen LogP contribution in [-0.4, -0.2) is 29.5 Å². The minimum absolute atomic E-state index is 0.397. The number of alkyl halides is 1. The molecule has 0 atom stereocenters. The number of nitrogens with zero attached hydrogens (tertiary/aromatic N) is 2. The third-order valence-corrected chi connectivity index (χ3v) is 3.44. The van der Waals surface area contributed by atoms with E-state index >= 15 is 0 Å². The topological polar surface area (TPSA) is 47.0 Å². The van der Waals surface area contributed by atoms with Crippen LogP contribution < -0.4 is 10.1 Å². The normalized spacial score (nSPS) is 16.6. The van der Waals surface area contributed by atoms with Crippen LogP contribution in [0.4, 0.5) is 5.82 Å². The Morgan fingerprint density at radius 3 is 2.82 bits per heavy atom. The van der Waals surface area contributed by atoms with Crippen molar-refractivity contribution >= 4 is 17.4 Å². The van der Waals surface area contributed by atoms with Gasteiger partial charge in [0.25, 0.3) is 0 Å². The fraction of sp³-hybridized carbons (Fsp3) is 0.667. The molecule has 1 aromatic rings. The van der Waals surface area contributed by atoms with Gasteiger partial charge in [0.05, 0.1) is 7.11 Å². The second-order valence-corrected chi connectivity index (χ2v) is 5.01. The van der Waals surface area contributed by atoms with Crippen molar-refractivity contribution < 1.29 is 4.74 Å². The lowest BCUT2D eigenvalue weighted by Gasteiger charge is -2.15. The Labute approximate surface area is 107 Å². The molecular weight excluding hydrogens is 238 g/mol. The van der Waals surface area contributed by atoms with E-state index in [0.717, 1.165) is 24.7 Å². The summed E-state index contributed by atoms with van der Waals surface area (Å²) in [6.07, 6.45) is 3.59. The quantitative estimate of drug-likeness (QED) is 0.794. The molecule has 0 saturated heterocycles. The van der Waals surface area contributed by atoms with Crippen LogP contribution in [0.15, 0.2) is 6.07 Å². The molecule has 1 saturated carbocycles. The molecule has 94 valence electrons. The summed E-state index contributed by atoms with van der Waals surface area (Å²) in [5, 5.41) is 3.36. The first-order valence-corrected chi connectivity index (χ1v) is 6.40. The third-order valence-electron chi connectivity index (χ3n) is 3.25. The standard InChI is InChI=1S/C12H18ClN3O/c1-9-15-10(7-11(16-9)17-2)14-8-12(3-4-12)5-6-13/h7H,3-6,8H2,1-2H3,(H,14,15,16). The van der Waals surface area contributed by atoms with Gasteiger partial charge in [-0.15, -0.1) is 11.6 Å². The van der Waals surface area contributed by atoms with Gasteiger partial charge in [0.1, 0.15) is 11.6 Å². The second-order valence-electron chi connectivity index (χ2n) is 4.64. The predicted molar refractivity (Wildman–Crippen MR) is 68.8 cm³/mol. The monoisotopic (exact) mass is 255 g/mol. The predicted octanol–water partition coefficient (Wildman–Crippen LogP) is 2.61. The summed E-state index contributed by atoms with van der Waals surface area (Å²) < 4.78 is 5.12. The molecule has 0 aliphatic heterocycles. The zero-order valence-corrected chi connectivity index (χ0v) is 11.0. The van der Waals surface area contributed by atoms with Crippen LogP contribution >= 0.6 is 11.6 Å². The number of methoxy groups -OCH3 is 1. The molecule has 2 rings (SSSR count). The highest BCUT2D eigenvalue weighted by atomic mass is 35.5. The van der Waals surface area contributed by atoms with E-state index < -0.39 is 0 Å². The Morgan fingerprint density at radius 1 is 1.47 bits per heavy atom. The highest BCUT2D eigenvalue weighted by Crippen LogP contribution is 2.48. The maximum Gasteiger partial charge on any atom is 0.218 e. The van der Waals surface area contributed by atoms with E-state index in [0.29, 0.717) is 17.1 Å². The van der Waals surface area contributed by atoms with Crippen LogP contribution in [0.2, 0.25) is 0 Å². The smallest absolute Gasteiger partial charge is 0.218 e. The highest BCUT2D eigenvalue weighted by Gasteiger charge is 2.41. The first-order chi connectivity index (χ1) is 8.17. The molecule has 0 bridgehead atoms. The lowest BCUT2D eigenvalue weighted by Crippen LogP contribution is -2.17. The van der Waals surface area contributed by atoms with Crippen LogP contribution in [0.1, 0.15) is 25.1 Å². The summed E-state index contributed by atoms with van der Waals surface area (Å²) >= 11 is 5.81. The summed E-state index contributed by atoms with van der Waals surface area (Å²) in [6.45, 7) is 2.79. The number of ether oxygens (including phenoxy) is 1. The molecule has 0 amide bonds. The van der Waals surface area contributed by atoms with E-state index in [2.05, 4.69) is 15.3 Å². The molecule has 17 heavy (non-hydrogen) atoms. The second kappa shape index (κ2) is 5.08. The zero-order valence-electron chi connectivity index (χ0n) is 10.3. The zero-order chi connectivity index (χ0) is 12.3. The molecule has 0 radical (unpaired) electrons. The molecule has 1 N–H and O–H groups in total.